The molecule has 1 heterocycles. The third-order valence-electron chi connectivity index (χ3n) is 2.43. The van der Waals surface area contributed by atoms with E-state index in [0.717, 1.165) is 0 Å². The molecule has 16 heavy (non-hydrogen) atoms. The first-order chi connectivity index (χ1) is 6.81. The fraction of sp³-hybridized carbons (Fsp3) is 0.556. The van der Waals surface area contributed by atoms with Gasteiger partial charge in [0.05, 0.1) is 5.51 Å². The monoisotopic (exact) mass is 283 g/mol. The predicted molar refractivity (Wildman–Crippen MR) is 69.6 cm³/mol. The summed E-state index contributed by atoms with van der Waals surface area (Å²) >= 11 is 1.42. The molecule has 3 N–H and O–H groups in total. The number of nitrogens with zero attached hydrogens (tertiary/aromatic N) is 1. The van der Waals surface area contributed by atoms with Gasteiger partial charge in [0.2, 0.25) is 0 Å². The first-order valence-corrected chi connectivity index (χ1v) is 5.64. The Bertz CT molecular complexity index is 317. The zero-order valence-electron chi connectivity index (χ0n) is 8.59. The Morgan fingerprint density at radius 2 is 2.31 bits per heavy atom. The SMILES string of the molecule is Cl.Cl.NCC(NC(=O)c1cscn1)C1CC1. The van der Waals surface area contributed by atoms with E-state index in [1.807, 2.05) is 0 Å². The van der Waals surface area contributed by atoms with Gasteiger partial charge in [0.1, 0.15) is 5.69 Å². The van der Waals surface area contributed by atoms with Gasteiger partial charge in [-0.05, 0) is 18.8 Å². The van der Waals surface area contributed by atoms with Crippen molar-refractivity contribution in [3.63, 3.8) is 0 Å². The molecule has 0 aromatic carbocycles. The Hall–Kier alpha value is -0.360. The van der Waals surface area contributed by atoms with Gasteiger partial charge in [-0.25, -0.2) is 4.98 Å². The lowest BCUT2D eigenvalue weighted by molar-refractivity contribution is 0.0929. The van der Waals surface area contributed by atoms with E-state index in [1.54, 1.807) is 10.9 Å². The van der Waals surface area contributed by atoms with Gasteiger partial charge >= 0.3 is 0 Å². The number of nitrogens with two attached hydrogens (primary N) is 1. The molecule has 0 aliphatic heterocycles. The zero-order chi connectivity index (χ0) is 9.97. The van der Waals surface area contributed by atoms with Crippen molar-refractivity contribution in [2.24, 2.45) is 11.7 Å². The minimum Gasteiger partial charge on any atom is -0.346 e. The summed E-state index contributed by atoms with van der Waals surface area (Å²) in [5.41, 5.74) is 7.73. The summed E-state index contributed by atoms with van der Waals surface area (Å²) in [5.74, 6) is 0.483. The quantitative estimate of drug-likeness (QED) is 0.879. The number of carbonyl (C=O) groups excluding carboxylic acids is 1. The number of amides is 1. The fourth-order valence-corrected chi connectivity index (χ4v) is 1.97. The molecule has 1 fully saturated rings. The van der Waals surface area contributed by atoms with Gasteiger partial charge in [-0.3, -0.25) is 4.79 Å². The first kappa shape index (κ1) is 15.6. The molecule has 1 saturated carbocycles. The summed E-state index contributed by atoms with van der Waals surface area (Å²) in [4.78, 5) is 15.5. The number of hydrogen-bond donors (Lipinski definition) is 2. The molecule has 1 aliphatic carbocycles. The van der Waals surface area contributed by atoms with Crippen molar-refractivity contribution in [2.45, 2.75) is 18.9 Å². The first-order valence-electron chi connectivity index (χ1n) is 4.70. The van der Waals surface area contributed by atoms with Crippen LogP contribution in [-0.4, -0.2) is 23.5 Å². The van der Waals surface area contributed by atoms with Crippen LogP contribution < -0.4 is 11.1 Å². The molecule has 1 unspecified atom stereocenters. The number of rotatable bonds is 4. The van der Waals surface area contributed by atoms with Gasteiger partial charge in [0, 0.05) is 18.0 Å². The molecular formula is C9H15Cl2N3OS. The normalized spacial score (nSPS) is 15.6. The Morgan fingerprint density at radius 1 is 1.62 bits per heavy atom. The van der Waals surface area contributed by atoms with Crippen LogP contribution >= 0.6 is 36.2 Å². The van der Waals surface area contributed by atoms with Gasteiger partial charge in [-0.15, -0.1) is 36.2 Å². The van der Waals surface area contributed by atoms with Crippen molar-refractivity contribution in [1.29, 1.82) is 0 Å². The minimum absolute atomic E-state index is 0. The molecule has 1 atom stereocenters. The summed E-state index contributed by atoms with van der Waals surface area (Å²) in [6.07, 6.45) is 2.36. The van der Waals surface area contributed by atoms with Crippen LogP contribution in [0.3, 0.4) is 0 Å². The molecule has 0 bridgehead atoms. The van der Waals surface area contributed by atoms with Crippen molar-refractivity contribution < 1.29 is 4.79 Å². The molecule has 1 aliphatic rings. The lowest BCUT2D eigenvalue weighted by atomic mass is 10.2. The summed E-state index contributed by atoms with van der Waals surface area (Å²) in [6.45, 7) is 0.514. The number of halogens is 2. The maximum absolute atomic E-state index is 11.6. The number of carbonyl (C=O) groups is 1. The molecule has 0 radical (unpaired) electrons. The highest BCUT2D eigenvalue weighted by Crippen LogP contribution is 2.32. The van der Waals surface area contributed by atoms with E-state index in [1.165, 1.54) is 24.2 Å². The van der Waals surface area contributed by atoms with Gasteiger partial charge < -0.3 is 11.1 Å². The van der Waals surface area contributed by atoms with Crippen LogP contribution in [0.5, 0.6) is 0 Å². The van der Waals surface area contributed by atoms with Gasteiger partial charge in [-0.2, -0.15) is 0 Å². The highest BCUT2D eigenvalue weighted by molar-refractivity contribution is 7.07. The van der Waals surface area contributed by atoms with E-state index in [9.17, 15) is 4.79 Å². The molecule has 92 valence electrons. The Balaban J connectivity index is 0.00000112. The Kier molecular flexibility index (Phi) is 6.90. The molecule has 0 saturated heterocycles. The largest absolute Gasteiger partial charge is 0.346 e. The molecule has 1 amide bonds. The van der Waals surface area contributed by atoms with Crippen molar-refractivity contribution in [1.82, 2.24) is 10.3 Å². The van der Waals surface area contributed by atoms with E-state index in [0.29, 0.717) is 18.2 Å². The third kappa shape index (κ3) is 3.90. The van der Waals surface area contributed by atoms with Gasteiger partial charge in [0.25, 0.3) is 5.91 Å². The average Bonchev–Trinajstić information content (AvgIpc) is 2.88. The third-order valence-corrected chi connectivity index (χ3v) is 3.01. The molecule has 4 nitrogen and oxygen atoms in total. The number of hydrogen-bond acceptors (Lipinski definition) is 4. The lowest BCUT2D eigenvalue weighted by Gasteiger charge is -2.14. The maximum atomic E-state index is 11.6. The molecular weight excluding hydrogens is 269 g/mol. The summed E-state index contributed by atoms with van der Waals surface area (Å²) < 4.78 is 0. The van der Waals surface area contributed by atoms with Crippen LogP contribution in [0.1, 0.15) is 23.3 Å². The van der Waals surface area contributed by atoms with Crippen molar-refractivity contribution in [2.75, 3.05) is 6.54 Å². The Labute approximate surface area is 111 Å². The fourth-order valence-electron chi connectivity index (χ4n) is 1.43. The zero-order valence-corrected chi connectivity index (χ0v) is 11.0. The van der Waals surface area contributed by atoms with Crippen LogP contribution in [0.2, 0.25) is 0 Å². The summed E-state index contributed by atoms with van der Waals surface area (Å²) in [5, 5.41) is 4.66. The summed E-state index contributed by atoms with van der Waals surface area (Å²) in [7, 11) is 0. The van der Waals surface area contributed by atoms with Crippen molar-refractivity contribution in [3.05, 3.63) is 16.6 Å². The highest BCUT2D eigenvalue weighted by atomic mass is 35.5. The summed E-state index contributed by atoms with van der Waals surface area (Å²) in [6, 6.07) is 0.129. The number of thiazole rings is 1. The Morgan fingerprint density at radius 3 is 2.75 bits per heavy atom. The number of aromatic nitrogens is 1. The molecule has 0 spiro atoms. The van der Waals surface area contributed by atoms with Crippen molar-refractivity contribution >= 4 is 42.1 Å². The highest BCUT2D eigenvalue weighted by Gasteiger charge is 2.31. The van der Waals surface area contributed by atoms with E-state index in [-0.39, 0.29) is 36.8 Å². The van der Waals surface area contributed by atoms with E-state index >= 15 is 0 Å². The van der Waals surface area contributed by atoms with Crippen LogP contribution in [0, 0.1) is 5.92 Å². The molecule has 7 heteroatoms. The van der Waals surface area contributed by atoms with Gasteiger partial charge in [0.15, 0.2) is 0 Å². The number of nitrogens with one attached hydrogen (secondary N) is 1. The second kappa shape index (κ2) is 7.06. The topological polar surface area (TPSA) is 68.0 Å². The van der Waals surface area contributed by atoms with E-state index < -0.39 is 0 Å². The second-order valence-electron chi connectivity index (χ2n) is 3.53. The van der Waals surface area contributed by atoms with Crippen LogP contribution in [0.15, 0.2) is 10.9 Å². The van der Waals surface area contributed by atoms with E-state index in [4.69, 9.17) is 5.73 Å². The van der Waals surface area contributed by atoms with Crippen LogP contribution in [0.4, 0.5) is 0 Å². The molecule has 1 aromatic heterocycles. The van der Waals surface area contributed by atoms with Crippen molar-refractivity contribution in [3.8, 4) is 0 Å². The van der Waals surface area contributed by atoms with Crippen LogP contribution in [0.25, 0.3) is 0 Å². The standard InChI is InChI=1S/C9H13N3OS.2ClH/c10-3-7(6-1-2-6)12-9(13)8-4-14-5-11-8;;/h4-7H,1-3,10H2,(H,12,13);2*1H. The smallest absolute Gasteiger partial charge is 0.271 e. The lowest BCUT2D eigenvalue weighted by Crippen LogP contribution is -2.41. The second-order valence-corrected chi connectivity index (χ2v) is 4.25. The minimum atomic E-state index is -0.103. The average molecular weight is 284 g/mol. The van der Waals surface area contributed by atoms with E-state index in [2.05, 4.69) is 10.3 Å². The molecule has 2 rings (SSSR count). The predicted octanol–water partition coefficient (Wildman–Crippen LogP) is 1.45. The van der Waals surface area contributed by atoms with Crippen LogP contribution in [-0.2, 0) is 0 Å². The maximum Gasteiger partial charge on any atom is 0.271 e. The van der Waals surface area contributed by atoms with Gasteiger partial charge in [-0.1, -0.05) is 0 Å². The molecule has 1 aromatic rings.